The van der Waals surface area contributed by atoms with E-state index in [1.165, 1.54) is 12.3 Å². The third kappa shape index (κ3) is 2.85. The summed E-state index contributed by atoms with van der Waals surface area (Å²) in [5.74, 6) is -0.967. The van der Waals surface area contributed by atoms with Crippen LogP contribution in [0.5, 0.6) is 0 Å². The van der Waals surface area contributed by atoms with E-state index in [1.807, 2.05) is 48.5 Å². The van der Waals surface area contributed by atoms with Crippen LogP contribution in [0.25, 0.3) is 22.4 Å². The van der Waals surface area contributed by atoms with Gasteiger partial charge in [0.1, 0.15) is 0 Å². The average molecular weight is 310 g/mol. The standard InChI is InChI=1S/C18H12ClNO2/c19-16-7-2-1-6-15(16)12-4-3-5-13(10-12)17-11-14(18(21)22)8-9-20-17/h1-11H,(H,21,22). The molecular formula is C18H12ClNO2. The first-order valence-corrected chi connectivity index (χ1v) is 7.07. The molecule has 0 aliphatic rings. The van der Waals surface area contributed by atoms with E-state index in [0.717, 1.165) is 16.7 Å². The van der Waals surface area contributed by atoms with Gasteiger partial charge >= 0.3 is 5.97 Å². The fourth-order valence-electron chi connectivity index (χ4n) is 2.26. The molecule has 22 heavy (non-hydrogen) atoms. The normalized spacial score (nSPS) is 10.4. The van der Waals surface area contributed by atoms with Gasteiger partial charge in [-0.2, -0.15) is 0 Å². The predicted molar refractivity (Wildman–Crippen MR) is 87.1 cm³/mol. The fraction of sp³-hybridized carbons (Fsp3) is 0. The van der Waals surface area contributed by atoms with Crippen molar-refractivity contribution in [1.29, 1.82) is 0 Å². The summed E-state index contributed by atoms with van der Waals surface area (Å²) in [6.07, 6.45) is 1.50. The van der Waals surface area contributed by atoms with Gasteiger partial charge in [0.25, 0.3) is 0 Å². The van der Waals surface area contributed by atoms with Crippen LogP contribution in [0.3, 0.4) is 0 Å². The van der Waals surface area contributed by atoms with Crippen molar-refractivity contribution in [3.8, 4) is 22.4 Å². The predicted octanol–water partition coefficient (Wildman–Crippen LogP) is 4.77. The Morgan fingerprint density at radius 1 is 0.955 bits per heavy atom. The van der Waals surface area contributed by atoms with Gasteiger partial charge in [-0.25, -0.2) is 4.79 Å². The summed E-state index contributed by atoms with van der Waals surface area (Å²) in [6.45, 7) is 0. The zero-order valence-corrected chi connectivity index (χ0v) is 12.3. The van der Waals surface area contributed by atoms with Gasteiger partial charge in [0, 0.05) is 22.3 Å². The Kier molecular flexibility index (Phi) is 3.90. The van der Waals surface area contributed by atoms with Crippen LogP contribution in [-0.4, -0.2) is 16.1 Å². The van der Waals surface area contributed by atoms with Gasteiger partial charge in [-0.1, -0.05) is 48.0 Å². The minimum Gasteiger partial charge on any atom is -0.478 e. The number of pyridine rings is 1. The lowest BCUT2D eigenvalue weighted by Crippen LogP contribution is -1.97. The van der Waals surface area contributed by atoms with Crippen molar-refractivity contribution >= 4 is 17.6 Å². The second-order valence-electron chi connectivity index (χ2n) is 4.80. The van der Waals surface area contributed by atoms with Crippen LogP contribution in [-0.2, 0) is 0 Å². The van der Waals surface area contributed by atoms with Gasteiger partial charge in [-0.3, -0.25) is 4.98 Å². The first-order chi connectivity index (χ1) is 10.6. The number of carboxylic acid groups (broad SMARTS) is 1. The first kappa shape index (κ1) is 14.3. The van der Waals surface area contributed by atoms with Crippen molar-refractivity contribution in [2.75, 3.05) is 0 Å². The van der Waals surface area contributed by atoms with Gasteiger partial charge in [0.2, 0.25) is 0 Å². The molecule has 3 rings (SSSR count). The molecule has 0 saturated carbocycles. The van der Waals surface area contributed by atoms with Gasteiger partial charge in [0.05, 0.1) is 11.3 Å². The Hall–Kier alpha value is -2.65. The van der Waals surface area contributed by atoms with E-state index in [1.54, 1.807) is 6.07 Å². The Labute approximate surface area is 132 Å². The minimum atomic E-state index is -0.967. The number of aromatic nitrogens is 1. The second-order valence-corrected chi connectivity index (χ2v) is 5.20. The molecule has 4 heteroatoms. The molecule has 0 bridgehead atoms. The maximum Gasteiger partial charge on any atom is 0.335 e. The molecule has 0 amide bonds. The zero-order chi connectivity index (χ0) is 15.5. The monoisotopic (exact) mass is 309 g/mol. The van der Waals surface area contributed by atoms with Gasteiger partial charge < -0.3 is 5.11 Å². The van der Waals surface area contributed by atoms with E-state index in [4.69, 9.17) is 16.7 Å². The molecule has 2 aromatic carbocycles. The van der Waals surface area contributed by atoms with Crippen LogP contribution >= 0.6 is 11.6 Å². The maximum atomic E-state index is 11.1. The van der Waals surface area contributed by atoms with Crippen molar-refractivity contribution in [2.24, 2.45) is 0 Å². The van der Waals surface area contributed by atoms with E-state index >= 15 is 0 Å². The number of benzene rings is 2. The van der Waals surface area contributed by atoms with Gasteiger partial charge in [0.15, 0.2) is 0 Å². The molecular weight excluding hydrogens is 298 g/mol. The lowest BCUT2D eigenvalue weighted by atomic mass is 10.0. The number of rotatable bonds is 3. The van der Waals surface area contributed by atoms with Crippen LogP contribution < -0.4 is 0 Å². The highest BCUT2D eigenvalue weighted by atomic mass is 35.5. The van der Waals surface area contributed by atoms with Crippen molar-refractivity contribution < 1.29 is 9.90 Å². The van der Waals surface area contributed by atoms with Crippen LogP contribution in [0.2, 0.25) is 5.02 Å². The van der Waals surface area contributed by atoms with Crippen molar-refractivity contribution in [2.45, 2.75) is 0 Å². The molecule has 1 N–H and O–H groups in total. The quantitative estimate of drug-likeness (QED) is 0.758. The Bertz CT molecular complexity index is 846. The molecule has 0 fully saturated rings. The number of hydrogen-bond donors (Lipinski definition) is 1. The molecule has 1 aromatic heterocycles. The zero-order valence-electron chi connectivity index (χ0n) is 11.5. The molecule has 3 nitrogen and oxygen atoms in total. The average Bonchev–Trinajstić information content (AvgIpc) is 2.55. The highest BCUT2D eigenvalue weighted by Crippen LogP contribution is 2.30. The minimum absolute atomic E-state index is 0.216. The molecule has 0 unspecified atom stereocenters. The Balaban J connectivity index is 2.07. The Morgan fingerprint density at radius 2 is 1.73 bits per heavy atom. The number of carbonyl (C=O) groups is 1. The number of carboxylic acids is 1. The topological polar surface area (TPSA) is 50.2 Å². The number of nitrogens with zero attached hydrogens (tertiary/aromatic N) is 1. The fourth-order valence-corrected chi connectivity index (χ4v) is 2.51. The van der Waals surface area contributed by atoms with Crippen molar-refractivity contribution in [3.05, 3.63) is 77.4 Å². The third-order valence-electron chi connectivity index (χ3n) is 3.35. The maximum absolute atomic E-state index is 11.1. The molecule has 0 aliphatic heterocycles. The Morgan fingerprint density at radius 3 is 2.50 bits per heavy atom. The highest BCUT2D eigenvalue weighted by molar-refractivity contribution is 6.33. The summed E-state index contributed by atoms with van der Waals surface area (Å²) in [6, 6.07) is 18.4. The molecule has 0 spiro atoms. The lowest BCUT2D eigenvalue weighted by Gasteiger charge is -2.07. The molecule has 108 valence electrons. The molecule has 0 radical (unpaired) electrons. The number of halogens is 1. The first-order valence-electron chi connectivity index (χ1n) is 6.70. The van der Waals surface area contributed by atoms with Crippen LogP contribution in [0.4, 0.5) is 0 Å². The lowest BCUT2D eigenvalue weighted by molar-refractivity contribution is 0.0697. The largest absolute Gasteiger partial charge is 0.478 e. The number of aromatic carboxylic acids is 1. The summed E-state index contributed by atoms with van der Waals surface area (Å²) >= 11 is 6.23. The van der Waals surface area contributed by atoms with Crippen LogP contribution in [0.15, 0.2) is 66.9 Å². The molecule has 0 aliphatic carbocycles. The van der Waals surface area contributed by atoms with E-state index in [9.17, 15) is 4.79 Å². The van der Waals surface area contributed by atoms with Crippen LogP contribution in [0.1, 0.15) is 10.4 Å². The van der Waals surface area contributed by atoms with E-state index in [-0.39, 0.29) is 5.56 Å². The van der Waals surface area contributed by atoms with E-state index < -0.39 is 5.97 Å². The smallest absolute Gasteiger partial charge is 0.335 e. The molecule has 1 heterocycles. The van der Waals surface area contributed by atoms with Gasteiger partial charge in [-0.05, 0) is 29.8 Å². The summed E-state index contributed by atoms with van der Waals surface area (Å²) in [5.41, 5.74) is 3.58. The molecule has 3 aromatic rings. The molecule has 0 atom stereocenters. The van der Waals surface area contributed by atoms with E-state index in [2.05, 4.69) is 4.98 Å². The summed E-state index contributed by atoms with van der Waals surface area (Å²) in [4.78, 5) is 15.3. The SMILES string of the molecule is O=C(O)c1ccnc(-c2cccc(-c3ccccc3Cl)c2)c1. The second kappa shape index (κ2) is 6.00. The van der Waals surface area contributed by atoms with Crippen molar-refractivity contribution in [3.63, 3.8) is 0 Å². The van der Waals surface area contributed by atoms with E-state index in [0.29, 0.717) is 10.7 Å². The molecule has 0 saturated heterocycles. The van der Waals surface area contributed by atoms with Gasteiger partial charge in [-0.15, -0.1) is 0 Å². The number of hydrogen-bond acceptors (Lipinski definition) is 2. The third-order valence-corrected chi connectivity index (χ3v) is 3.68. The summed E-state index contributed by atoms with van der Waals surface area (Å²) in [5, 5.41) is 9.75. The van der Waals surface area contributed by atoms with Crippen LogP contribution in [0, 0.1) is 0 Å². The summed E-state index contributed by atoms with van der Waals surface area (Å²) in [7, 11) is 0. The van der Waals surface area contributed by atoms with Crippen molar-refractivity contribution in [1.82, 2.24) is 4.98 Å². The summed E-state index contributed by atoms with van der Waals surface area (Å²) < 4.78 is 0. The highest BCUT2D eigenvalue weighted by Gasteiger charge is 2.08.